The molecule has 3 nitrogen and oxygen atoms in total. The van der Waals surface area contributed by atoms with Gasteiger partial charge < -0.3 is 10.1 Å². The zero-order valence-electron chi connectivity index (χ0n) is 8.53. The Kier molecular flexibility index (Phi) is 3.23. The molecule has 0 amide bonds. The van der Waals surface area contributed by atoms with Gasteiger partial charge in [-0.1, -0.05) is 23.8 Å². The van der Waals surface area contributed by atoms with Crippen molar-refractivity contribution in [2.75, 3.05) is 13.7 Å². The largest absolute Gasteiger partial charge is 0.480 e. The first-order chi connectivity index (χ1) is 7.31. The normalized spacial score (nSPS) is 20.3. The van der Waals surface area contributed by atoms with Crippen LogP contribution in [-0.2, 0) is 0 Å². The van der Waals surface area contributed by atoms with Crippen LogP contribution in [-0.4, -0.2) is 18.6 Å². The molecule has 1 unspecified atom stereocenters. The SMILES string of the molecule is COc1ncc(C2CC=CCN2)cc1Cl. The van der Waals surface area contributed by atoms with Crippen LogP contribution >= 0.6 is 11.6 Å². The Morgan fingerprint density at radius 3 is 3.00 bits per heavy atom. The summed E-state index contributed by atoms with van der Waals surface area (Å²) in [4.78, 5) is 4.15. The van der Waals surface area contributed by atoms with Gasteiger partial charge in [-0.3, -0.25) is 0 Å². The fourth-order valence-electron chi connectivity index (χ4n) is 1.64. The lowest BCUT2D eigenvalue weighted by Gasteiger charge is -2.20. The number of ether oxygens (including phenoxy) is 1. The fourth-order valence-corrected chi connectivity index (χ4v) is 1.90. The van der Waals surface area contributed by atoms with Gasteiger partial charge in [-0.15, -0.1) is 0 Å². The van der Waals surface area contributed by atoms with Crippen molar-refractivity contribution in [3.8, 4) is 5.88 Å². The Morgan fingerprint density at radius 2 is 2.40 bits per heavy atom. The van der Waals surface area contributed by atoms with Crippen molar-refractivity contribution in [3.05, 3.63) is 35.0 Å². The zero-order chi connectivity index (χ0) is 10.7. The minimum absolute atomic E-state index is 0.311. The third-order valence-electron chi connectivity index (χ3n) is 2.44. The Labute approximate surface area is 94.1 Å². The van der Waals surface area contributed by atoms with E-state index in [2.05, 4.69) is 22.5 Å². The summed E-state index contributed by atoms with van der Waals surface area (Å²) in [5.74, 6) is 0.478. The van der Waals surface area contributed by atoms with E-state index in [0.717, 1.165) is 18.5 Å². The van der Waals surface area contributed by atoms with Crippen LogP contribution in [0.4, 0.5) is 0 Å². The van der Waals surface area contributed by atoms with Gasteiger partial charge in [-0.2, -0.15) is 0 Å². The lowest BCUT2D eigenvalue weighted by atomic mass is 10.0. The second-order valence-electron chi connectivity index (χ2n) is 3.43. The molecule has 1 N–H and O–H groups in total. The molecule has 0 radical (unpaired) electrons. The summed E-state index contributed by atoms with van der Waals surface area (Å²) < 4.78 is 5.01. The molecule has 0 saturated carbocycles. The quantitative estimate of drug-likeness (QED) is 0.783. The maximum Gasteiger partial charge on any atom is 0.232 e. The molecule has 4 heteroatoms. The summed E-state index contributed by atoms with van der Waals surface area (Å²) in [7, 11) is 1.56. The summed E-state index contributed by atoms with van der Waals surface area (Å²) in [5.41, 5.74) is 1.10. The van der Waals surface area contributed by atoms with E-state index in [0.29, 0.717) is 16.9 Å². The van der Waals surface area contributed by atoms with Gasteiger partial charge in [0.1, 0.15) is 5.02 Å². The van der Waals surface area contributed by atoms with Crippen LogP contribution in [0.5, 0.6) is 5.88 Å². The van der Waals surface area contributed by atoms with Crippen molar-refractivity contribution in [1.29, 1.82) is 0 Å². The first-order valence-electron chi connectivity index (χ1n) is 4.89. The van der Waals surface area contributed by atoms with Gasteiger partial charge in [0.2, 0.25) is 5.88 Å². The molecule has 1 atom stereocenters. The lowest BCUT2D eigenvalue weighted by Crippen LogP contribution is -2.23. The average Bonchev–Trinajstić information content (AvgIpc) is 2.30. The second-order valence-corrected chi connectivity index (χ2v) is 3.83. The molecule has 0 fully saturated rings. The predicted molar refractivity (Wildman–Crippen MR) is 60.3 cm³/mol. The minimum atomic E-state index is 0.311. The third kappa shape index (κ3) is 2.30. The third-order valence-corrected chi connectivity index (χ3v) is 2.72. The number of rotatable bonds is 2. The maximum atomic E-state index is 6.02. The van der Waals surface area contributed by atoms with E-state index in [1.54, 1.807) is 7.11 Å². The summed E-state index contributed by atoms with van der Waals surface area (Å²) in [6, 6.07) is 2.22. The molecule has 0 bridgehead atoms. The van der Waals surface area contributed by atoms with Crippen LogP contribution in [0.3, 0.4) is 0 Å². The second kappa shape index (κ2) is 4.64. The Bertz CT molecular complexity index is 379. The van der Waals surface area contributed by atoms with E-state index in [9.17, 15) is 0 Å². The Morgan fingerprint density at radius 1 is 1.53 bits per heavy atom. The number of hydrogen-bond donors (Lipinski definition) is 1. The van der Waals surface area contributed by atoms with Crippen LogP contribution in [0.15, 0.2) is 24.4 Å². The van der Waals surface area contributed by atoms with E-state index in [1.807, 2.05) is 12.3 Å². The summed E-state index contributed by atoms with van der Waals surface area (Å²) in [6.45, 7) is 0.897. The summed E-state index contributed by atoms with van der Waals surface area (Å²) in [5, 5.41) is 3.94. The van der Waals surface area contributed by atoms with Crippen LogP contribution in [0, 0.1) is 0 Å². The van der Waals surface area contributed by atoms with Gasteiger partial charge >= 0.3 is 0 Å². The number of methoxy groups -OCH3 is 1. The minimum Gasteiger partial charge on any atom is -0.480 e. The predicted octanol–water partition coefficient (Wildman–Crippen LogP) is 2.33. The molecule has 0 aliphatic carbocycles. The molecule has 15 heavy (non-hydrogen) atoms. The highest BCUT2D eigenvalue weighted by Gasteiger charge is 2.13. The monoisotopic (exact) mass is 224 g/mol. The fraction of sp³-hybridized carbons (Fsp3) is 0.364. The highest BCUT2D eigenvalue weighted by atomic mass is 35.5. The zero-order valence-corrected chi connectivity index (χ0v) is 9.29. The molecule has 2 rings (SSSR count). The lowest BCUT2D eigenvalue weighted by molar-refractivity contribution is 0.397. The van der Waals surface area contributed by atoms with Crippen LogP contribution in [0.2, 0.25) is 5.02 Å². The molecule has 0 saturated heterocycles. The molecular weight excluding hydrogens is 212 g/mol. The smallest absolute Gasteiger partial charge is 0.232 e. The number of halogens is 1. The van der Waals surface area contributed by atoms with E-state index >= 15 is 0 Å². The number of pyridine rings is 1. The highest BCUT2D eigenvalue weighted by molar-refractivity contribution is 6.31. The topological polar surface area (TPSA) is 34.1 Å². The van der Waals surface area contributed by atoms with Crippen molar-refractivity contribution in [2.24, 2.45) is 0 Å². The standard InChI is InChI=1S/C11H13ClN2O/c1-15-11-9(12)6-8(7-14-11)10-4-2-3-5-13-10/h2-3,6-7,10,13H,4-5H2,1H3. The van der Waals surface area contributed by atoms with Gasteiger partial charge in [0.15, 0.2) is 0 Å². The van der Waals surface area contributed by atoms with Crippen LogP contribution < -0.4 is 10.1 Å². The van der Waals surface area contributed by atoms with E-state index in [-0.39, 0.29) is 0 Å². The Balaban J connectivity index is 2.21. The molecule has 1 aliphatic heterocycles. The highest BCUT2D eigenvalue weighted by Crippen LogP contribution is 2.27. The van der Waals surface area contributed by atoms with Crippen molar-refractivity contribution in [2.45, 2.75) is 12.5 Å². The number of nitrogens with zero attached hydrogens (tertiary/aromatic N) is 1. The molecule has 1 aliphatic rings. The number of nitrogens with one attached hydrogen (secondary N) is 1. The van der Waals surface area contributed by atoms with Gasteiger partial charge in [-0.05, 0) is 18.1 Å². The molecule has 80 valence electrons. The van der Waals surface area contributed by atoms with E-state index in [1.165, 1.54) is 0 Å². The van der Waals surface area contributed by atoms with Crippen LogP contribution in [0.1, 0.15) is 18.0 Å². The summed E-state index contributed by atoms with van der Waals surface area (Å²) >= 11 is 6.02. The van der Waals surface area contributed by atoms with Crippen molar-refractivity contribution < 1.29 is 4.74 Å². The first-order valence-corrected chi connectivity index (χ1v) is 5.27. The summed E-state index contributed by atoms with van der Waals surface area (Å²) in [6.07, 6.45) is 7.07. The molecule has 2 heterocycles. The molecule has 0 aromatic carbocycles. The number of aromatic nitrogens is 1. The van der Waals surface area contributed by atoms with E-state index in [4.69, 9.17) is 16.3 Å². The molecule has 0 spiro atoms. The van der Waals surface area contributed by atoms with E-state index < -0.39 is 0 Å². The number of hydrogen-bond acceptors (Lipinski definition) is 3. The van der Waals surface area contributed by atoms with Crippen molar-refractivity contribution in [3.63, 3.8) is 0 Å². The van der Waals surface area contributed by atoms with Crippen molar-refractivity contribution in [1.82, 2.24) is 10.3 Å². The Hall–Kier alpha value is -1.06. The van der Waals surface area contributed by atoms with Gasteiger partial charge in [0.25, 0.3) is 0 Å². The van der Waals surface area contributed by atoms with Crippen molar-refractivity contribution >= 4 is 11.6 Å². The average molecular weight is 225 g/mol. The van der Waals surface area contributed by atoms with Gasteiger partial charge in [0.05, 0.1) is 7.11 Å². The molecule has 1 aromatic rings. The molecular formula is C11H13ClN2O. The molecule has 1 aromatic heterocycles. The maximum absolute atomic E-state index is 6.02. The van der Waals surface area contributed by atoms with Gasteiger partial charge in [-0.25, -0.2) is 4.98 Å². The first kappa shape index (κ1) is 10.5. The van der Waals surface area contributed by atoms with Crippen LogP contribution in [0.25, 0.3) is 0 Å². The van der Waals surface area contributed by atoms with Gasteiger partial charge in [0, 0.05) is 18.8 Å².